The van der Waals surface area contributed by atoms with E-state index in [0.29, 0.717) is 37.7 Å². The first-order valence-corrected chi connectivity index (χ1v) is 16.5. The molecule has 15 atom stereocenters. The molecule has 0 spiro atoms. The van der Waals surface area contributed by atoms with Crippen molar-refractivity contribution in [2.75, 3.05) is 6.61 Å². The lowest BCUT2D eigenvalue weighted by molar-refractivity contribution is -0.322. The van der Waals surface area contributed by atoms with Gasteiger partial charge in [0, 0.05) is 11.3 Å². The number of aliphatic hydroxyl groups is 9. The van der Waals surface area contributed by atoms with Crippen molar-refractivity contribution in [2.45, 2.75) is 152 Å². The number of ketones is 1. The van der Waals surface area contributed by atoms with Crippen LogP contribution in [0.2, 0.25) is 0 Å². The van der Waals surface area contributed by atoms with Gasteiger partial charge in [-0.1, -0.05) is 13.8 Å². The third-order valence-electron chi connectivity index (χ3n) is 12.7. The Labute approximate surface area is 264 Å². The van der Waals surface area contributed by atoms with E-state index in [2.05, 4.69) is 0 Å². The van der Waals surface area contributed by atoms with Crippen LogP contribution in [0.4, 0.5) is 0 Å². The summed E-state index contributed by atoms with van der Waals surface area (Å²) in [5.41, 5.74) is -4.89. The summed E-state index contributed by atoms with van der Waals surface area (Å²) in [5.74, 6) is -1.48. The number of allylic oxidation sites excluding steroid dienone is 1. The first kappa shape index (κ1) is 35.3. The van der Waals surface area contributed by atoms with Crippen LogP contribution in [-0.2, 0) is 14.3 Å². The molecule has 0 bridgehead atoms. The number of hydrogen-bond donors (Lipinski definition) is 9. The van der Waals surface area contributed by atoms with E-state index < -0.39 is 95.1 Å². The molecular formula is C33H54O12. The van der Waals surface area contributed by atoms with Crippen molar-refractivity contribution >= 4 is 5.78 Å². The largest absolute Gasteiger partial charge is 0.394 e. The lowest BCUT2D eigenvalue weighted by atomic mass is 9.45. The van der Waals surface area contributed by atoms with Gasteiger partial charge in [0.2, 0.25) is 0 Å². The molecule has 1 aliphatic heterocycles. The molecule has 0 radical (unpaired) electrons. The highest BCUT2D eigenvalue weighted by molar-refractivity contribution is 5.95. The Morgan fingerprint density at radius 3 is 2.31 bits per heavy atom. The van der Waals surface area contributed by atoms with E-state index in [-0.39, 0.29) is 31.0 Å². The third kappa shape index (κ3) is 5.65. The molecule has 258 valence electrons. The maximum atomic E-state index is 13.9. The molecule has 4 aliphatic carbocycles. The van der Waals surface area contributed by atoms with Crippen LogP contribution in [0.25, 0.3) is 0 Å². The highest BCUT2D eigenvalue weighted by Gasteiger charge is 2.69. The summed E-state index contributed by atoms with van der Waals surface area (Å²) in [6, 6.07) is 0. The number of fused-ring (bicyclic) bond motifs is 5. The number of carbonyl (C=O) groups excluding carboxylic acids is 1. The minimum Gasteiger partial charge on any atom is -0.394 e. The summed E-state index contributed by atoms with van der Waals surface area (Å²) in [7, 11) is 0. The highest BCUT2D eigenvalue weighted by Crippen LogP contribution is 2.68. The van der Waals surface area contributed by atoms with Crippen molar-refractivity contribution in [2.24, 2.45) is 28.6 Å². The van der Waals surface area contributed by atoms with Crippen LogP contribution in [-0.4, -0.2) is 124 Å². The zero-order valence-corrected chi connectivity index (χ0v) is 27.0. The average molecular weight is 643 g/mol. The van der Waals surface area contributed by atoms with Gasteiger partial charge in [0.05, 0.1) is 41.7 Å². The normalized spacial score (nSPS) is 48.9. The standard InChI is InChI=1S/C33H54O12/c1-29(2,41)9-8-24(37)32(5,42)23-7-11-33(43)17-12-19(35)18-13-21(44-28-27(40)26(39)25(38)22(15-34)45-28)20(36)14-30(18,3)16(17)6-10-31(23,33)4/h12,16,18,20-28,34,36-43H,6-11,13-15H2,1-5H3/t16-,18-,20-,21+,22+,23-,24+,25-,26-,27+,28+,30+,31+,32+,33+/m0/s1. The van der Waals surface area contributed by atoms with Crippen LogP contribution in [0.15, 0.2) is 11.6 Å². The molecule has 1 saturated heterocycles. The van der Waals surface area contributed by atoms with Crippen LogP contribution < -0.4 is 0 Å². The predicted octanol–water partition coefficient (Wildman–Crippen LogP) is -0.322. The Kier molecular flexibility index (Phi) is 9.28. The Bertz CT molecular complexity index is 1150. The molecule has 0 amide bonds. The Morgan fingerprint density at radius 1 is 1.02 bits per heavy atom. The van der Waals surface area contributed by atoms with Gasteiger partial charge >= 0.3 is 0 Å². The zero-order valence-electron chi connectivity index (χ0n) is 27.0. The maximum absolute atomic E-state index is 13.9. The monoisotopic (exact) mass is 642 g/mol. The van der Waals surface area contributed by atoms with Gasteiger partial charge in [0.25, 0.3) is 0 Å². The molecule has 0 aromatic carbocycles. The van der Waals surface area contributed by atoms with Gasteiger partial charge in [0.1, 0.15) is 24.4 Å². The maximum Gasteiger partial charge on any atom is 0.187 e. The fourth-order valence-electron chi connectivity index (χ4n) is 9.81. The Balaban J connectivity index is 1.37. The second-order valence-electron chi connectivity index (χ2n) is 16.0. The Morgan fingerprint density at radius 2 is 1.69 bits per heavy atom. The van der Waals surface area contributed by atoms with E-state index in [1.165, 1.54) is 0 Å². The zero-order chi connectivity index (χ0) is 33.5. The van der Waals surface area contributed by atoms with E-state index in [4.69, 9.17) is 9.47 Å². The van der Waals surface area contributed by atoms with Crippen LogP contribution in [0, 0.1) is 28.6 Å². The van der Waals surface area contributed by atoms with E-state index in [0.717, 1.165) is 0 Å². The van der Waals surface area contributed by atoms with Crippen molar-refractivity contribution in [1.29, 1.82) is 0 Å². The summed E-state index contributed by atoms with van der Waals surface area (Å²) in [4.78, 5) is 13.9. The molecule has 0 aromatic heterocycles. The van der Waals surface area contributed by atoms with Crippen LogP contribution in [0.5, 0.6) is 0 Å². The van der Waals surface area contributed by atoms with Crippen molar-refractivity contribution < 1.29 is 60.2 Å². The number of carbonyl (C=O) groups is 1. The highest BCUT2D eigenvalue weighted by atomic mass is 16.7. The topological polar surface area (TPSA) is 218 Å². The quantitative estimate of drug-likeness (QED) is 0.166. The fraction of sp³-hybridized carbons (Fsp3) is 0.909. The summed E-state index contributed by atoms with van der Waals surface area (Å²) in [5, 5.41) is 97.1. The van der Waals surface area contributed by atoms with Gasteiger partial charge in [-0.05, 0) is 101 Å². The summed E-state index contributed by atoms with van der Waals surface area (Å²) >= 11 is 0. The predicted molar refractivity (Wildman–Crippen MR) is 159 cm³/mol. The fourth-order valence-corrected chi connectivity index (χ4v) is 9.81. The lowest BCUT2D eigenvalue weighted by Crippen LogP contribution is -2.64. The second-order valence-corrected chi connectivity index (χ2v) is 16.0. The smallest absolute Gasteiger partial charge is 0.187 e. The molecule has 5 aliphatic rings. The van der Waals surface area contributed by atoms with E-state index in [1.54, 1.807) is 26.8 Å². The third-order valence-corrected chi connectivity index (χ3v) is 12.7. The van der Waals surface area contributed by atoms with E-state index in [9.17, 15) is 50.8 Å². The minimum atomic E-state index is -1.64. The van der Waals surface area contributed by atoms with Crippen molar-refractivity contribution in [3.05, 3.63) is 11.6 Å². The molecule has 12 heteroatoms. The SMILES string of the molecule is CC(C)(O)CC[C@@H](O)[C@](C)(O)[C@H]1CC[C@@]2(O)C3=CC(=O)[C@@H]4C[C@@H](O[C@@H]5O[C@H](CO)[C@H](O)[C@H](O)[C@H]5O)[C@@H](O)C[C@]4(C)[C@H]3CC[C@]12C. The molecule has 12 nitrogen and oxygen atoms in total. The second kappa shape index (κ2) is 11.8. The van der Waals surface area contributed by atoms with Gasteiger partial charge < -0.3 is 55.4 Å². The summed E-state index contributed by atoms with van der Waals surface area (Å²) in [6.45, 7) is 8.16. The first-order valence-electron chi connectivity index (χ1n) is 16.5. The minimum absolute atomic E-state index is 0.103. The molecule has 9 N–H and O–H groups in total. The van der Waals surface area contributed by atoms with Crippen LogP contribution in [0.1, 0.15) is 86.0 Å². The first-order chi connectivity index (χ1) is 20.7. The van der Waals surface area contributed by atoms with Crippen molar-refractivity contribution in [1.82, 2.24) is 0 Å². The summed E-state index contributed by atoms with van der Waals surface area (Å²) < 4.78 is 11.4. The van der Waals surface area contributed by atoms with Gasteiger partial charge in [-0.25, -0.2) is 0 Å². The van der Waals surface area contributed by atoms with Crippen LogP contribution in [0.3, 0.4) is 0 Å². The van der Waals surface area contributed by atoms with Gasteiger partial charge in [0.15, 0.2) is 12.1 Å². The van der Waals surface area contributed by atoms with Crippen molar-refractivity contribution in [3.8, 4) is 0 Å². The average Bonchev–Trinajstić information content (AvgIpc) is 3.24. The van der Waals surface area contributed by atoms with Gasteiger partial charge in [-0.2, -0.15) is 0 Å². The van der Waals surface area contributed by atoms with Crippen LogP contribution >= 0.6 is 0 Å². The number of rotatable bonds is 8. The van der Waals surface area contributed by atoms with Gasteiger partial charge in [-0.15, -0.1) is 0 Å². The van der Waals surface area contributed by atoms with E-state index in [1.807, 2.05) is 13.8 Å². The lowest BCUT2D eigenvalue weighted by Gasteiger charge is -2.61. The van der Waals surface area contributed by atoms with E-state index >= 15 is 0 Å². The molecule has 0 unspecified atom stereocenters. The van der Waals surface area contributed by atoms with Crippen molar-refractivity contribution in [3.63, 3.8) is 0 Å². The number of ether oxygens (including phenoxy) is 2. The molecule has 0 aromatic rings. The molecule has 3 saturated carbocycles. The number of aliphatic hydroxyl groups excluding tert-OH is 6. The van der Waals surface area contributed by atoms with Gasteiger partial charge in [-0.3, -0.25) is 4.79 Å². The molecular weight excluding hydrogens is 588 g/mol. The molecule has 4 fully saturated rings. The Hall–Kier alpha value is -1.03. The molecule has 45 heavy (non-hydrogen) atoms. The number of hydrogen-bond acceptors (Lipinski definition) is 12. The summed E-state index contributed by atoms with van der Waals surface area (Å²) in [6.07, 6.45) is -6.38. The molecule has 1 heterocycles. The molecule has 5 rings (SSSR count).